The van der Waals surface area contributed by atoms with Gasteiger partial charge in [-0.1, -0.05) is 31.9 Å². The van der Waals surface area contributed by atoms with E-state index >= 15 is 0 Å². The fraction of sp³-hybridized carbons (Fsp3) is 0.529. The molecule has 1 aromatic rings. The lowest BCUT2D eigenvalue weighted by atomic mass is 9.86. The molecule has 0 aliphatic heterocycles. The molecule has 1 N–H and O–H groups in total. The van der Waals surface area contributed by atoms with Crippen LogP contribution in [0.25, 0.3) is 0 Å². The molecule has 120 valence electrons. The van der Waals surface area contributed by atoms with Crippen LogP contribution in [0.5, 0.6) is 0 Å². The fourth-order valence-electron chi connectivity index (χ4n) is 2.80. The minimum absolute atomic E-state index is 0.207. The van der Waals surface area contributed by atoms with Crippen molar-refractivity contribution < 1.29 is 14.3 Å². The molecule has 0 spiro atoms. The predicted octanol–water partition coefficient (Wildman–Crippen LogP) is 3.26. The normalized spacial score (nSPS) is 21.2. The van der Waals surface area contributed by atoms with E-state index in [9.17, 15) is 9.59 Å². The van der Waals surface area contributed by atoms with E-state index in [0.717, 1.165) is 24.2 Å². The van der Waals surface area contributed by atoms with Gasteiger partial charge in [-0.2, -0.15) is 0 Å². The summed E-state index contributed by atoms with van der Waals surface area (Å²) in [7, 11) is 0. The van der Waals surface area contributed by atoms with Crippen molar-refractivity contribution in [3.8, 4) is 0 Å². The van der Waals surface area contributed by atoms with E-state index in [1.165, 1.54) is 18.2 Å². The van der Waals surface area contributed by atoms with Gasteiger partial charge in [0.2, 0.25) is 0 Å². The Kier molecular flexibility index (Phi) is 6.31. The van der Waals surface area contributed by atoms with E-state index in [2.05, 4.69) is 12.2 Å². The molecule has 0 heterocycles. The number of ether oxygens (including phenoxy) is 1. The third-order valence-corrected chi connectivity index (χ3v) is 4.91. The van der Waals surface area contributed by atoms with Crippen LogP contribution in [0.1, 0.15) is 43.0 Å². The molecule has 1 aliphatic rings. The summed E-state index contributed by atoms with van der Waals surface area (Å²) < 4.78 is 5.14. The maximum atomic E-state index is 12.1. The Morgan fingerprint density at radius 1 is 1.27 bits per heavy atom. The van der Waals surface area contributed by atoms with Gasteiger partial charge in [-0.15, -0.1) is 11.8 Å². The Balaban J connectivity index is 1.84. The summed E-state index contributed by atoms with van der Waals surface area (Å²) in [5, 5.41) is 2.98. The van der Waals surface area contributed by atoms with Crippen LogP contribution in [0.15, 0.2) is 29.2 Å². The second-order valence-corrected chi connectivity index (χ2v) is 6.56. The summed E-state index contributed by atoms with van der Waals surface area (Å²) in [6.45, 7) is 1.94. The maximum Gasteiger partial charge on any atom is 0.339 e. The molecule has 0 saturated heterocycles. The molecule has 0 unspecified atom stereocenters. The summed E-state index contributed by atoms with van der Waals surface area (Å²) in [6, 6.07) is 7.46. The summed E-state index contributed by atoms with van der Waals surface area (Å²) in [5.41, 5.74) is 0.508. The van der Waals surface area contributed by atoms with Crippen LogP contribution in [0.2, 0.25) is 0 Å². The lowest BCUT2D eigenvalue weighted by Gasteiger charge is -2.29. The summed E-state index contributed by atoms with van der Waals surface area (Å²) in [5.74, 6) is -0.170. The van der Waals surface area contributed by atoms with Gasteiger partial charge in [-0.25, -0.2) is 4.79 Å². The molecular weight excluding hydrogens is 298 g/mol. The average Bonchev–Trinajstić information content (AvgIpc) is 2.54. The summed E-state index contributed by atoms with van der Waals surface area (Å²) in [6.07, 6.45) is 6.44. The standard InChI is InChI=1S/C17H23NO3S/c1-12-7-3-5-9-14(12)18-16(19)11-21-17(20)13-8-4-6-10-15(13)22-2/h4,6,8,10,12,14H,3,5,7,9,11H2,1-2H3,(H,18,19)/t12-,14-/m1/s1. The van der Waals surface area contributed by atoms with E-state index in [0.29, 0.717) is 11.5 Å². The fourth-order valence-corrected chi connectivity index (χ4v) is 3.39. The van der Waals surface area contributed by atoms with Crippen LogP contribution in [0, 0.1) is 5.92 Å². The van der Waals surface area contributed by atoms with Gasteiger partial charge in [-0.05, 0) is 37.1 Å². The molecule has 1 saturated carbocycles. The highest BCUT2D eigenvalue weighted by atomic mass is 32.2. The second-order valence-electron chi connectivity index (χ2n) is 5.71. The zero-order valence-corrected chi connectivity index (χ0v) is 13.9. The topological polar surface area (TPSA) is 55.4 Å². The van der Waals surface area contributed by atoms with Crippen molar-refractivity contribution in [1.82, 2.24) is 5.32 Å². The van der Waals surface area contributed by atoms with Gasteiger partial charge < -0.3 is 10.1 Å². The monoisotopic (exact) mass is 321 g/mol. The highest BCUT2D eigenvalue weighted by Crippen LogP contribution is 2.23. The van der Waals surface area contributed by atoms with Crippen LogP contribution < -0.4 is 5.32 Å². The van der Waals surface area contributed by atoms with E-state index in [-0.39, 0.29) is 18.6 Å². The van der Waals surface area contributed by atoms with Crippen molar-refractivity contribution >= 4 is 23.6 Å². The number of rotatable bonds is 5. The average molecular weight is 321 g/mol. The third-order valence-electron chi connectivity index (χ3n) is 4.12. The Morgan fingerprint density at radius 3 is 2.73 bits per heavy atom. The molecule has 1 amide bonds. The van der Waals surface area contributed by atoms with Crippen LogP contribution in [0.3, 0.4) is 0 Å². The predicted molar refractivity (Wildman–Crippen MR) is 88.1 cm³/mol. The Morgan fingerprint density at radius 2 is 2.00 bits per heavy atom. The van der Waals surface area contributed by atoms with E-state index in [1.54, 1.807) is 12.1 Å². The number of carbonyl (C=O) groups is 2. The minimum Gasteiger partial charge on any atom is -0.452 e. The molecule has 1 aliphatic carbocycles. The first-order chi connectivity index (χ1) is 10.6. The molecule has 5 heteroatoms. The van der Waals surface area contributed by atoms with Crippen LogP contribution >= 0.6 is 11.8 Å². The largest absolute Gasteiger partial charge is 0.452 e. The van der Waals surface area contributed by atoms with Gasteiger partial charge in [0.1, 0.15) is 0 Å². The molecular formula is C17H23NO3S. The SMILES string of the molecule is CSc1ccccc1C(=O)OCC(=O)N[C@@H]1CCCC[C@H]1C. The van der Waals surface area contributed by atoms with Crippen molar-refractivity contribution in [2.75, 3.05) is 12.9 Å². The van der Waals surface area contributed by atoms with Gasteiger partial charge in [0.25, 0.3) is 5.91 Å². The number of nitrogens with one attached hydrogen (secondary N) is 1. The molecule has 1 aromatic carbocycles. The van der Waals surface area contributed by atoms with Crippen LogP contribution in [0.4, 0.5) is 0 Å². The Hall–Kier alpha value is -1.49. The number of amides is 1. The quantitative estimate of drug-likeness (QED) is 0.668. The first-order valence-electron chi connectivity index (χ1n) is 7.71. The highest BCUT2D eigenvalue weighted by molar-refractivity contribution is 7.98. The minimum atomic E-state index is -0.447. The number of hydrogen-bond acceptors (Lipinski definition) is 4. The van der Waals surface area contributed by atoms with Crippen molar-refractivity contribution in [2.45, 2.75) is 43.5 Å². The third kappa shape index (κ3) is 4.50. The van der Waals surface area contributed by atoms with E-state index in [1.807, 2.05) is 18.4 Å². The zero-order chi connectivity index (χ0) is 15.9. The van der Waals surface area contributed by atoms with Crippen LogP contribution in [-0.4, -0.2) is 30.8 Å². The van der Waals surface area contributed by atoms with E-state index in [4.69, 9.17) is 4.74 Å². The molecule has 1 fully saturated rings. The van der Waals surface area contributed by atoms with Gasteiger partial charge in [-0.3, -0.25) is 4.79 Å². The van der Waals surface area contributed by atoms with Crippen molar-refractivity contribution in [2.24, 2.45) is 5.92 Å². The van der Waals surface area contributed by atoms with Crippen molar-refractivity contribution in [1.29, 1.82) is 0 Å². The van der Waals surface area contributed by atoms with Crippen molar-refractivity contribution in [3.63, 3.8) is 0 Å². The molecule has 4 nitrogen and oxygen atoms in total. The molecule has 0 aromatic heterocycles. The zero-order valence-electron chi connectivity index (χ0n) is 13.1. The second kappa shape index (κ2) is 8.22. The van der Waals surface area contributed by atoms with Crippen molar-refractivity contribution in [3.05, 3.63) is 29.8 Å². The number of benzene rings is 1. The van der Waals surface area contributed by atoms with Crippen LogP contribution in [-0.2, 0) is 9.53 Å². The van der Waals surface area contributed by atoms with E-state index < -0.39 is 5.97 Å². The van der Waals surface area contributed by atoms with Gasteiger partial charge in [0.15, 0.2) is 6.61 Å². The Bertz CT molecular complexity index is 532. The smallest absolute Gasteiger partial charge is 0.339 e. The van der Waals surface area contributed by atoms with Gasteiger partial charge in [0.05, 0.1) is 5.56 Å². The molecule has 0 radical (unpaired) electrons. The molecule has 22 heavy (non-hydrogen) atoms. The maximum absolute atomic E-state index is 12.1. The summed E-state index contributed by atoms with van der Waals surface area (Å²) >= 11 is 1.49. The molecule has 2 atom stereocenters. The lowest BCUT2D eigenvalue weighted by molar-refractivity contribution is -0.125. The lowest BCUT2D eigenvalue weighted by Crippen LogP contribution is -2.42. The Labute approximate surface area is 136 Å². The highest BCUT2D eigenvalue weighted by Gasteiger charge is 2.23. The summed E-state index contributed by atoms with van der Waals surface area (Å²) in [4.78, 5) is 24.9. The molecule has 2 rings (SSSR count). The molecule has 0 bridgehead atoms. The number of hydrogen-bond donors (Lipinski definition) is 1. The first-order valence-corrected chi connectivity index (χ1v) is 8.93. The van der Waals surface area contributed by atoms with Gasteiger partial charge >= 0.3 is 5.97 Å². The first kappa shape index (κ1) is 16.9. The number of thioether (sulfide) groups is 1. The van der Waals surface area contributed by atoms with Gasteiger partial charge in [0, 0.05) is 10.9 Å². The number of esters is 1. The number of carbonyl (C=O) groups excluding carboxylic acids is 2.